The van der Waals surface area contributed by atoms with Gasteiger partial charge in [-0.1, -0.05) is 32.9 Å². The van der Waals surface area contributed by atoms with E-state index in [4.69, 9.17) is 4.52 Å². The number of hydrogen-bond donors (Lipinski definition) is 0. The van der Waals surface area contributed by atoms with Crippen molar-refractivity contribution in [2.24, 2.45) is 0 Å². The number of aromatic nitrogens is 1. The van der Waals surface area contributed by atoms with Crippen molar-refractivity contribution in [2.75, 3.05) is 0 Å². The molecule has 1 aromatic rings. The highest BCUT2D eigenvalue weighted by Gasteiger charge is 2.28. The highest BCUT2D eigenvalue weighted by molar-refractivity contribution is 5.96. The molecule has 0 unspecified atom stereocenters. The third kappa shape index (κ3) is 1.86. The van der Waals surface area contributed by atoms with E-state index < -0.39 is 0 Å². The molecule has 0 fully saturated rings. The average molecular weight is 195 g/mol. The zero-order chi connectivity index (χ0) is 10.9. The van der Waals surface area contributed by atoms with Crippen LogP contribution in [0.3, 0.4) is 0 Å². The lowest BCUT2D eigenvalue weighted by Crippen LogP contribution is -2.14. The van der Waals surface area contributed by atoms with Gasteiger partial charge in [-0.15, -0.1) is 0 Å². The number of carbonyl (C=O) groups excluding carboxylic acids is 1. The molecule has 1 rings (SSSR count). The minimum atomic E-state index is -0.165. The topological polar surface area (TPSA) is 43.1 Å². The van der Waals surface area contributed by atoms with E-state index in [1.54, 1.807) is 6.92 Å². The van der Waals surface area contributed by atoms with E-state index in [1.807, 2.05) is 27.7 Å². The smallest absolute Gasteiger partial charge is 0.165 e. The Morgan fingerprint density at radius 3 is 2.36 bits per heavy atom. The largest absolute Gasteiger partial charge is 0.360 e. The van der Waals surface area contributed by atoms with Gasteiger partial charge >= 0.3 is 0 Å². The molecular weight excluding hydrogens is 178 g/mol. The molecule has 0 bridgehead atoms. The monoisotopic (exact) mass is 195 g/mol. The van der Waals surface area contributed by atoms with Crippen molar-refractivity contribution in [1.29, 1.82) is 0 Å². The lowest BCUT2D eigenvalue weighted by molar-refractivity contribution is 0.101. The molecule has 0 aromatic carbocycles. The van der Waals surface area contributed by atoms with Gasteiger partial charge in [-0.05, 0) is 13.3 Å². The Hall–Kier alpha value is -1.12. The number of rotatable bonds is 2. The van der Waals surface area contributed by atoms with Gasteiger partial charge in [0.1, 0.15) is 0 Å². The molecule has 1 aromatic heterocycles. The van der Waals surface area contributed by atoms with Gasteiger partial charge in [0.2, 0.25) is 0 Å². The zero-order valence-corrected chi connectivity index (χ0v) is 9.47. The lowest BCUT2D eigenvalue weighted by atomic mass is 9.88. The Bertz CT molecular complexity index is 345. The fraction of sp³-hybridized carbons (Fsp3) is 0.636. The van der Waals surface area contributed by atoms with Gasteiger partial charge < -0.3 is 4.52 Å². The SMILES string of the molecule is CCc1noc(C(C)(C)C)c1C(C)=O. The summed E-state index contributed by atoms with van der Waals surface area (Å²) in [7, 11) is 0. The molecule has 1 heterocycles. The first-order valence-electron chi connectivity index (χ1n) is 4.88. The van der Waals surface area contributed by atoms with Gasteiger partial charge in [0.25, 0.3) is 0 Å². The van der Waals surface area contributed by atoms with Crippen LogP contribution in [0.15, 0.2) is 4.52 Å². The van der Waals surface area contributed by atoms with E-state index in [1.165, 1.54) is 0 Å². The maximum atomic E-state index is 11.5. The van der Waals surface area contributed by atoms with Crippen molar-refractivity contribution in [3.8, 4) is 0 Å². The van der Waals surface area contributed by atoms with E-state index >= 15 is 0 Å². The number of Topliss-reactive ketones (excluding diaryl/α,β-unsaturated/α-hetero) is 1. The van der Waals surface area contributed by atoms with E-state index in [9.17, 15) is 4.79 Å². The van der Waals surface area contributed by atoms with E-state index in [0.717, 1.165) is 12.1 Å². The van der Waals surface area contributed by atoms with Crippen LogP contribution in [-0.2, 0) is 11.8 Å². The van der Waals surface area contributed by atoms with Gasteiger partial charge in [0, 0.05) is 5.41 Å². The second-order valence-corrected chi connectivity index (χ2v) is 4.49. The predicted octanol–water partition coefficient (Wildman–Crippen LogP) is 2.74. The molecule has 3 heteroatoms. The van der Waals surface area contributed by atoms with Crippen LogP contribution < -0.4 is 0 Å². The first-order chi connectivity index (χ1) is 6.38. The summed E-state index contributed by atoms with van der Waals surface area (Å²) in [5.41, 5.74) is 1.27. The van der Waals surface area contributed by atoms with Crippen LogP contribution in [0.25, 0.3) is 0 Å². The Morgan fingerprint density at radius 1 is 1.43 bits per heavy atom. The van der Waals surface area contributed by atoms with Crippen molar-refractivity contribution in [1.82, 2.24) is 5.16 Å². The molecule has 0 aliphatic heterocycles. The Labute approximate surface area is 84.5 Å². The third-order valence-corrected chi connectivity index (χ3v) is 2.13. The quantitative estimate of drug-likeness (QED) is 0.681. The molecule has 14 heavy (non-hydrogen) atoms. The van der Waals surface area contributed by atoms with Crippen LogP contribution in [0.1, 0.15) is 56.4 Å². The molecular formula is C11H17NO2. The predicted molar refractivity (Wildman–Crippen MR) is 54.6 cm³/mol. The van der Waals surface area contributed by atoms with Crippen molar-refractivity contribution in [2.45, 2.75) is 46.5 Å². The van der Waals surface area contributed by atoms with Crippen molar-refractivity contribution < 1.29 is 9.32 Å². The minimum absolute atomic E-state index is 0.0352. The molecule has 78 valence electrons. The summed E-state index contributed by atoms with van der Waals surface area (Å²) in [5.74, 6) is 0.731. The van der Waals surface area contributed by atoms with Gasteiger partial charge in [-0.2, -0.15) is 0 Å². The molecule has 0 saturated carbocycles. The summed E-state index contributed by atoms with van der Waals surface area (Å²) in [6, 6.07) is 0. The molecule has 0 spiro atoms. The van der Waals surface area contributed by atoms with Crippen molar-refractivity contribution >= 4 is 5.78 Å². The van der Waals surface area contributed by atoms with Crippen molar-refractivity contribution in [3.63, 3.8) is 0 Å². The van der Waals surface area contributed by atoms with E-state index in [0.29, 0.717) is 11.3 Å². The highest BCUT2D eigenvalue weighted by atomic mass is 16.5. The average Bonchev–Trinajstić information content (AvgIpc) is 2.45. The zero-order valence-electron chi connectivity index (χ0n) is 9.47. The van der Waals surface area contributed by atoms with Crippen LogP contribution in [0, 0.1) is 0 Å². The maximum Gasteiger partial charge on any atom is 0.165 e. The van der Waals surface area contributed by atoms with Crippen LogP contribution in [-0.4, -0.2) is 10.9 Å². The molecule has 0 atom stereocenters. The maximum absolute atomic E-state index is 11.5. The van der Waals surface area contributed by atoms with Gasteiger partial charge in [-0.3, -0.25) is 4.79 Å². The first-order valence-corrected chi connectivity index (χ1v) is 4.88. The lowest BCUT2D eigenvalue weighted by Gasteiger charge is -2.14. The van der Waals surface area contributed by atoms with Crippen LogP contribution in [0.5, 0.6) is 0 Å². The number of ketones is 1. The van der Waals surface area contributed by atoms with Crippen LogP contribution in [0.2, 0.25) is 0 Å². The summed E-state index contributed by atoms with van der Waals surface area (Å²) >= 11 is 0. The van der Waals surface area contributed by atoms with E-state index in [2.05, 4.69) is 5.16 Å². The molecule has 3 nitrogen and oxygen atoms in total. The second-order valence-electron chi connectivity index (χ2n) is 4.49. The molecule has 0 saturated heterocycles. The minimum Gasteiger partial charge on any atom is -0.360 e. The van der Waals surface area contributed by atoms with Crippen LogP contribution >= 0.6 is 0 Å². The highest BCUT2D eigenvalue weighted by Crippen LogP contribution is 2.28. The summed E-state index contributed by atoms with van der Waals surface area (Å²) in [6.45, 7) is 9.57. The number of carbonyl (C=O) groups is 1. The summed E-state index contributed by atoms with van der Waals surface area (Å²) in [4.78, 5) is 11.5. The molecule has 0 amide bonds. The normalized spacial score (nSPS) is 11.8. The standard InChI is InChI=1S/C11H17NO2/c1-6-8-9(7(2)13)10(14-12-8)11(3,4)5/h6H2,1-5H3. The first kappa shape index (κ1) is 11.0. The summed E-state index contributed by atoms with van der Waals surface area (Å²) in [6.07, 6.45) is 0.731. The van der Waals surface area contributed by atoms with Gasteiger partial charge in [-0.25, -0.2) is 0 Å². The van der Waals surface area contributed by atoms with E-state index in [-0.39, 0.29) is 11.2 Å². The van der Waals surface area contributed by atoms with Gasteiger partial charge in [0.05, 0.1) is 11.3 Å². The Balaban J connectivity index is 3.32. The fourth-order valence-electron chi connectivity index (χ4n) is 1.44. The molecule has 0 aliphatic carbocycles. The summed E-state index contributed by atoms with van der Waals surface area (Å²) in [5, 5.41) is 3.93. The second kappa shape index (κ2) is 3.56. The number of aryl methyl sites for hydroxylation is 1. The Kier molecular flexibility index (Phi) is 2.79. The molecule has 0 aliphatic rings. The third-order valence-electron chi connectivity index (χ3n) is 2.13. The molecule has 0 radical (unpaired) electrons. The summed E-state index contributed by atoms with van der Waals surface area (Å²) < 4.78 is 5.24. The fourth-order valence-corrected chi connectivity index (χ4v) is 1.44. The van der Waals surface area contributed by atoms with Crippen molar-refractivity contribution in [3.05, 3.63) is 17.0 Å². The molecule has 0 N–H and O–H groups in total. The van der Waals surface area contributed by atoms with Gasteiger partial charge in [0.15, 0.2) is 11.5 Å². The number of hydrogen-bond acceptors (Lipinski definition) is 3. The Morgan fingerprint density at radius 2 is 2.00 bits per heavy atom. The van der Waals surface area contributed by atoms with Crippen LogP contribution in [0.4, 0.5) is 0 Å². The number of nitrogens with zero attached hydrogens (tertiary/aromatic N) is 1.